The third-order valence-corrected chi connectivity index (χ3v) is 3.05. The Balaban J connectivity index is 1.93. The molecule has 4 nitrogen and oxygen atoms in total. The molecule has 1 aromatic heterocycles. The summed E-state index contributed by atoms with van der Waals surface area (Å²) in [4.78, 5) is 11.5. The Labute approximate surface area is 95.8 Å². The van der Waals surface area contributed by atoms with E-state index in [4.69, 9.17) is 0 Å². The molecule has 0 saturated heterocycles. The van der Waals surface area contributed by atoms with E-state index < -0.39 is 0 Å². The first kappa shape index (κ1) is 11.2. The second-order valence-electron chi connectivity index (χ2n) is 4.66. The second-order valence-corrected chi connectivity index (χ2v) is 4.66. The molecular formula is C12H19N3O. The lowest BCUT2D eigenvalue weighted by Gasteiger charge is -2.05. The predicted octanol–water partition coefficient (Wildman–Crippen LogP) is 2.66. The molecule has 1 aliphatic carbocycles. The van der Waals surface area contributed by atoms with Crippen molar-refractivity contribution in [2.75, 3.05) is 5.32 Å². The van der Waals surface area contributed by atoms with Gasteiger partial charge in [-0.05, 0) is 25.2 Å². The van der Waals surface area contributed by atoms with Crippen molar-refractivity contribution in [3.63, 3.8) is 0 Å². The molecule has 1 atom stereocenters. The largest absolute Gasteiger partial charge is 0.309 e. The van der Waals surface area contributed by atoms with Crippen LogP contribution >= 0.6 is 0 Å². The Morgan fingerprint density at radius 2 is 2.44 bits per heavy atom. The zero-order valence-corrected chi connectivity index (χ0v) is 9.92. The third-order valence-electron chi connectivity index (χ3n) is 3.05. The summed E-state index contributed by atoms with van der Waals surface area (Å²) >= 11 is 0. The van der Waals surface area contributed by atoms with Crippen molar-refractivity contribution < 1.29 is 4.79 Å². The number of H-pyrrole nitrogens is 1. The molecule has 2 N–H and O–H groups in total. The summed E-state index contributed by atoms with van der Waals surface area (Å²) < 4.78 is 0. The van der Waals surface area contributed by atoms with Gasteiger partial charge in [0.2, 0.25) is 5.91 Å². The highest BCUT2D eigenvalue weighted by Gasteiger charge is 2.30. The van der Waals surface area contributed by atoms with Gasteiger partial charge in [-0.2, -0.15) is 5.10 Å². The molecule has 0 aromatic carbocycles. The number of aromatic amines is 1. The maximum Gasteiger partial charge on any atom is 0.228 e. The normalized spacial score (nSPS) is 17.1. The van der Waals surface area contributed by atoms with Crippen molar-refractivity contribution in [1.29, 1.82) is 0 Å². The molecule has 0 bridgehead atoms. The van der Waals surface area contributed by atoms with Crippen LogP contribution in [0.1, 0.15) is 51.1 Å². The molecule has 4 heteroatoms. The third kappa shape index (κ3) is 2.62. The molecule has 0 unspecified atom stereocenters. The van der Waals surface area contributed by atoms with Crippen LogP contribution < -0.4 is 5.32 Å². The Morgan fingerprint density at radius 1 is 1.69 bits per heavy atom. The topological polar surface area (TPSA) is 57.8 Å². The van der Waals surface area contributed by atoms with Crippen LogP contribution in [0.15, 0.2) is 6.07 Å². The summed E-state index contributed by atoms with van der Waals surface area (Å²) in [5, 5.41) is 9.94. The predicted molar refractivity (Wildman–Crippen MR) is 63.3 cm³/mol. The van der Waals surface area contributed by atoms with Gasteiger partial charge in [0.25, 0.3) is 0 Å². The van der Waals surface area contributed by atoms with Crippen LogP contribution in [0.25, 0.3) is 0 Å². The molecule has 1 aromatic rings. The van der Waals surface area contributed by atoms with Crippen molar-refractivity contribution in [3.8, 4) is 0 Å². The molecule has 16 heavy (non-hydrogen) atoms. The minimum atomic E-state index is 0.112. The summed E-state index contributed by atoms with van der Waals surface area (Å²) in [6.45, 7) is 4.34. The average molecular weight is 221 g/mol. The van der Waals surface area contributed by atoms with E-state index in [1.54, 1.807) is 0 Å². The molecule has 88 valence electrons. The average Bonchev–Trinajstić information content (AvgIpc) is 3.00. The lowest BCUT2D eigenvalue weighted by Crippen LogP contribution is -2.13. The van der Waals surface area contributed by atoms with Crippen molar-refractivity contribution in [3.05, 3.63) is 11.8 Å². The lowest BCUT2D eigenvalue weighted by atomic mass is 10.0. The Hall–Kier alpha value is -1.32. The molecule has 2 rings (SSSR count). The van der Waals surface area contributed by atoms with Crippen LogP contribution in [-0.2, 0) is 4.79 Å². The van der Waals surface area contributed by atoms with Crippen LogP contribution in [0.3, 0.4) is 0 Å². The summed E-state index contributed by atoms with van der Waals surface area (Å²) in [5.41, 5.74) is 1.10. The quantitative estimate of drug-likeness (QED) is 0.803. The first-order valence-corrected chi connectivity index (χ1v) is 6.07. The number of aromatic nitrogens is 2. The standard InChI is InChI=1S/C12H19N3O/c1-3-4-8(2)10-7-11(15-14-10)13-12(16)9-5-6-9/h7-9H,3-6H2,1-2H3,(H2,13,14,15,16)/t8-/m0/s1. The number of carbonyl (C=O) groups excluding carboxylic acids is 1. The number of nitrogens with zero attached hydrogens (tertiary/aromatic N) is 1. The van der Waals surface area contributed by atoms with Gasteiger partial charge in [0, 0.05) is 17.7 Å². The molecular weight excluding hydrogens is 202 g/mol. The summed E-state index contributed by atoms with van der Waals surface area (Å²) in [6, 6.07) is 1.95. The van der Waals surface area contributed by atoms with Crippen LogP contribution in [0.5, 0.6) is 0 Å². The van der Waals surface area contributed by atoms with Gasteiger partial charge in [0.05, 0.1) is 0 Å². The van der Waals surface area contributed by atoms with Crippen LogP contribution in [0.4, 0.5) is 5.82 Å². The summed E-state index contributed by atoms with van der Waals surface area (Å²) in [6.07, 6.45) is 4.34. The van der Waals surface area contributed by atoms with Gasteiger partial charge in [0.15, 0.2) is 5.82 Å². The van der Waals surface area contributed by atoms with Gasteiger partial charge < -0.3 is 5.32 Å². The van der Waals surface area contributed by atoms with E-state index in [2.05, 4.69) is 29.4 Å². The first-order chi connectivity index (χ1) is 7.70. The Bertz CT molecular complexity index is 368. The van der Waals surface area contributed by atoms with E-state index in [9.17, 15) is 4.79 Å². The van der Waals surface area contributed by atoms with Crippen molar-refractivity contribution in [2.45, 2.75) is 45.4 Å². The number of carbonyl (C=O) groups is 1. The highest BCUT2D eigenvalue weighted by atomic mass is 16.2. The smallest absolute Gasteiger partial charge is 0.228 e. The summed E-state index contributed by atoms with van der Waals surface area (Å²) in [5.74, 6) is 1.48. The monoisotopic (exact) mass is 221 g/mol. The van der Waals surface area contributed by atoms with Gasteiger partial charge in [-0.3, -0.25) is 9.89 Å². The molecule has 0 radical (unpaired) electrons. The molecule has 1 fully saturated rings. The van der Waals surface area contributed by atoms with E-state index in [1.807, 2.05) is 6.07 Å². The van der Waals surface area contributed by atoms with Crippen LogP contribution in [0, 0.1) is 5.92 Å². The first-order valence-electron chi connectivity index (χ1n) is 6.07. The van der Waals surface area contributed by atoms with Crippen molar-refractivity contribution in [1.82, 2.24) is 10.2 Å². The minimum Gasteiger partial charge on any atom is -0.309 e. The number of hydrogen-bond donors (Lipinski definition) is 2. The van der Waals surface area contributed by atoms with Gasteiger partial charge in [0.1, 0.15) is 0 Å². The number of amides is 1. The Morgan fingerprint density at radius 3 is 3.06 bits per heavy atom. The van der Waals surface area contributed by atoms with Crippen LogP contribution in [0.2, 0.25) is 0 Å². The molecule has 0 aliphatic heterocycles. The van der Waals surface area contributed by atoms with E-state index in [0.717, 1.165) is 31.4 Å². The van der Waals surface area contributed by atoms with E-state index in [0.29, 0.717) is 11.7 Å². The molecule has 1 aliphatic rings. The molecule has 1 saturated carbocycles. The van der Waals surface area contributed by atoms with Gasteiger partial charge >= 0.3 is 0 Å². The van der Waals surface area contributed by atoms with E-state index in [1.165, 1.54) is 0 Å². The zero-order chi connectivity index (χ0) is 11.5. The Kier molecular flexibility index (Phi) is 3.27. The highest BCUT2D eigenvalue weighted by Crippen LogP contribution is 2.30. The minimum absolute atomic E-state index is 0.112. The number of rotatable bonds is 5. The zero-order valence-electron chi connectivity index (χ0n) is 9.92. The maximum atomic E-state index is 11.5. The highest BCUT2D eigenvalue weighted by molar-refractivity contribution is 5.93. The lowest BCUT2D eigenvalue weighted by molar-refractivity contribution is -0.117. The summed E-state index contributed by atoms with van der Waals surface area (Å²) in [7, 11) is 0. The molecule has 1 heterocycles. The van der Waals surface area contributed by atoms with Gasteiger partial charge in [-0.15, -0.1) is 0 Å². The fourth-order valence-corrected chi connectivity index (χ4v) is 1.82. The van der Waals surface area contributed by atoms with Crippen molar-refractivity contribution in [2.24, 2.45) is 5.92 Å². The number of hydrogen-bond acceptors (Lipinski definition) is 2. The number of nitrogens with one attached hydrogen (secondary N) is 2. The van der Waals surface area contributed by atoms with Crippen molar-refractivity contribution >= 4 is 11.7 Å². The van der Waals surface area contributed by atoms with Crippen LogP contribution in [-0.4, -0.2) is 16.1 Å². The van der Waals surface area contributed by atoms with Gasteiger partial charge in [-0.25, -0.2) is 0 Å². The number of anilines is 1. The fourth-order valence-electron chi connectivity index (χ4n) is 1.82. The maximum absolute atomic E-state index is 11.5. The SMILES string of the molecule is CCC[C@H](C)c1cc(NC(=O)C2CC2)n[nH]1. The molecule has 1 amide bonds. The fraction of sp³-hybridized carbons (Fsp3) is 0.667. The van der Waals surface area contributed by atoms with Gasteiger partial charge in [-0.1, -0.05) is 20.3 Å². The molecule has 0 spiro atoms. The second kappa shape index (κ2) is 4.68. The van der Waals surface area contributed by atoms with E-state index in [-0.39, 0.29) is 11.8 Å². The van der Waals surface area contributed by atoms with E-state index >= 15 is 0 Å².